The van der Waals surface area contributed by atoms with Gasteiger partial charge < -0.3 is 9.73 Å². The quantitative estimate of drug-likeness (QED) is 0.861. The van der Waals surface area contributed by atoms with Crippen molar-refractivity contribution in [1.29, 1.82) is 0 Å². The van der Waals surface area contributed by atoms with E-state index >= 15 is 0 Å². The third-order valence-corrected chi connectivity index (χ3v) is 3.55. The van der Waals surface area contributed by atoms with Crippen molar-refractivity contribution in [1.82, 2.24) is 0 Å². The van der Waals surface area contributed by atoms with E-state index < -0.39 is 0 Å². The van der Waals surface area contributed by atoms with Gasteiger partial charge in [0.1, 0.15) is 11.6 Å². The fourth-order valence-electron chi connectivity index (χ4n) is 2.43. The van der Waals surface area contributed by atoms with Gasteiger partial charge in [0.25, 0.3) is 0 Å². The number of hydrogen-bond acceptors (Lipinski definition) is 2. The Kier molecular flexibility index (Phi) is 3.00. The molecule has 1 N–H and O–H groups in total. The Morgan fingerprint density at radius 3 is 3.06 bits per heavy atom. The lowest BCUT2D eigenvalue weighted by Crippen LogP contribution is -2.16. The van der Waals surface area contributed by atoms with Crippen molar-refractivity contribution in [3.05, 3.63) is 52.7 Å². The number of benzene rings is 1. The SMILES string of the molecule is Fc1cc(Cl)ccc1NC1CCCc2occc21. The molecule has 0 aliphatic heterocycles. The number of anilines is 1. The lowest BCUT2D eigenvalue weighted by atomic mass is 9.93. The van der Waals surface area contributed by atoms with Crippen LogP contribution >= 0.6 is 11.6 Å². The van der Waals surface area contributed by atoms with Crippen LogP contribution in [0.15, 0.2) is 34.9 Å². The molecule has 1 aromatic heterocycles. The Bertz CT molecular complexity index is 567. The van der Waals surface area contributed by atoms with Crippen LogP contribution in [0.1, 0.15) is 30.2 Å². The van der Waals surface area contributed by atoms with E-state index in [1.807, 2.05) is 6.07 Å². The Balaban J connectivity index is 1.86. The Hall–Kier alpha value is -1.48. The van der Waals surface area contributed by atoms with E-state index in [0.29, 0.717) is 10.7 Å². The highest BCUT2D eigenvalue weighted by Gasteiger charge is 2.23. The summed E-state index contributed by atoms with van der Waals surface area (Å²) in [5, 5.41) is 3.63. The van der Waals surface area contributed by atoms with Gasteiger partial charge in [-0.2, -0.15) is 0 Å². The van der Waals surface area contributed by atoms with Gasteiger partial charge in [-0.15, -0.1) is 0 Å². The molecule has 1 unspecified atom stereocenters. The van der Waals surface area contributed by atoms with E-state index in [-0.39, 0.29) is 11.9 Å². The average Bonchev–Trinajstić information content (AvgIpc) is 2.82. The molecule has 18 heavy (non-hydrogen) atoms. The summed E-state index contributed by atoms with van der Waals surface area (Å²) in [6.45, 7) is 0. The summed E-state index contributed by atoms with van der Waals surface area (Å²) in [5.74, 6) is 0.686. The van der Waals surface area contributed by atoms with Gasteiger partial charge in [0.05, 0.1) is 18.0 Å². The molecule has 0 saturated heterocycles. The van der Waals surface area contributed by atoms with Crippen LogP contribution in [0.4, 0.5) is 10.1 Å². The molecule has 94 valence electrons. The van der Waals surface area contributed by atoms with Crippen LogP contribution in [0, 0.1) is 5.82 Å². The van der Waals surface area contributed by atoms with Gasteiger partial charge in [0.2, 0.25) is 0 Å². The van der Waals surface area contributed by atoms with Gasteiger partial charge >= 0.3 is 0 Å². The lowest BCUT2D eigenvalue weighted by molar-refractivity contribution is 0.461. The molecule has 2 nitrogen and oxygen atoms in total. The highest BCUT2D eigenvalue weighted by molar-refractivity contribution is 6.30. The highest BCUT2D eigenvalue weighted by Crippen LogP contribution is 2.34. The second kappa shape index (κ2) is 4.65. The van der Waals surface area contributed by atoms with E-state index in [1.54, 1.807) is 18.4 Å². The minimum Gasteiger partial charge on any atom is -0.469 e. The summed E-state index contributed by atoms with van der Waals surface area (Å²) >= 11 is 5.74. The van der Waals surface area contributed by atoms with Crippen molar-refractivity contribution < 1.29 is 8.81 Å². The summed E-state index contributed by atoms with van der Waals surface area (Å²) < 4.78 is 19.2. The molecule has 4 heteroatoms. The van der Waals surface area contributed by atoms with Gasteiger partial charge in [-0.1, -0.05) is 11.6 Å². The van der Waals surface area contributed by atoms with Crippen LogP contribution in [0.5, 0.6) is 0 Å². The number of furan rings is 1. The number of fused-ring (bicyclic) bond motifs is 1. The molecule has 0 spiro atoms. The van der Waals surface area contributed by atoms with E-state index in [0.717, 1.165) is 30.6 Å². The third-order valence-electron chi connectivity index (χ3n) is 3.31. The van der Waals surface area contributed by atoms with Crippen molar-refractivity contribution in [2.24, 2.45) is 0 Å². The van der Waals surface area contributed by atoms with Gasteiger partial charge in [-0.05, 0) is 37.1 Å². The Labute approximate surface area is 110 Å². The monoisotopic (exact) mass is 265 g/mol. The molecular formula is C14H13ClFNO. The van der Waals surface area contributed by atoms with Crippen LogP contribution in [0.25, 0.3) is 0 Å². The summed E-state index contributed by atoms with van der Waals surface area (Å²) in [7, 11) is 0. The molecule has 1 aliphatic rings. The molecule has 0 bridgehead atoms. The van der Waals surface area contributed by atoms with E-state index in [1.165, 1.54) is 6.07 Å². The molecule has 0 amide bonds. The zero-order valence-corrected chi connectivity index (χ0v) is 10.5. The van der Waals surface area contributed by atoms with E-state index in [4.69, 9.17) is 16.0 Å². The average molecular weight is 266 g/mol. The fraction of sp³-hybridized carbons (Fsp3) is 0.286. The summed E-state index contributed by atoms with van der Waals surface area (Å²) in [6, 6.07) is 6.75. The number of rotatable bonds is 2. The van der Waals surface area contributed by atoms with Crippen molar-refractivity contribution in [2.75, 3.05) is 5.32 Å². The van der Waals surface area contributed by atoms with Crippen molar-refractivity contribution in [3.8, 4) is 0 Å². The zero-order valence-electron chi connectivity index (χ0n) is 9.75. The first-order valence-electron chi connectivity index (χ1n) is 6.02. The van der Waals surface area contributed by atoms with E-state index in [9.17, 15) is 4.39 Å². The number of nitrogens with one attached hydrogen (secondary N) is 1. The van der Waals surface area contributed by atoms with Gasteiger partial charge in [-0.3, -0.25) is 0 Å². The first-order chi connectivity index (χ1) is 8.74. The van der Waals surface area contributed by atoms with Crippen LogP contribution in [-0.4, -0.2) is 0 Å². The van der Waals surface area contributed by atoms with Gasteiger partial charge in [0.15, 0.2) is 0 Å². The molecular weight excluding hydrogens is 253 g/mol. The lowest BCUT2D eigenvalue weighted by Gasteiger charge is -2.24. The van der Waals surface area contributed by atoms with Crippen molar-refractivity contribution >= 4 is 17.3 Å². The molecule has 0 fully saturated rings. The number of aryl methyl sites for hydroxylation is 1. The summed E-state index contributed by atoms with van der Waals surface area (Å²) in [5.41, 5.74) is 1.62. The smallest absolute Gasteiger partial charge is 0.147 e. The maximum atomic E-state index is 13.7. The second-order valence-corrected chi connectivity index (χ2v) is 4.95. The first-order valence-corrected chi connectivity index (χ1v) is 6.39. The minimum absolute atomic E-state index is 0.114. The number of halogens is 2. The standard InChI is InChI=1S/C14H13ClFNO/c15-9-4-5-13(11(16)8-9)17-12-2-1-3-14-10(12)6-7-18-14/h4-8,12,17H,1-3H2. The predicted octanol–water partition coefficient (Wildman–Crippen LogP) is 4.56. The Morgan fingerprint density at radius 2 is 2.22 bits per heavy atom. The van der Waals surface area contributed by atoms with Crippen LogP contribution < -0.4 is 5.32 Å². The van der Waals surface area contributed by atoms with Crippen LogP contribution in [0.2, 0.25) is 5.02 Å². The maximum absolute atomic E-state index is 13.7. The van der Waals surface area contributed by atoms with Gasteiger partial charge in [-0.25, -0.2) is 4.39 Å². The van der Waals surface area contributed by atoms with E-state index in [2.05, 4.69) is 5.32 Å². The minimum atomic E-state index is -0.321. The molecule has 1 aliphatic carbocycles. The molecule has 3 rings (SSSR count). The first kappa shape index (κ1) is 11.6. The molecule has 2 aromatic rings. The maximum Gasteiger partial charge on any atom is 0.147 e. The predicted molar refractivity (Wildman–Crippen MR) is 69.4 cm³/mol. The van der Waals surface area contributed by atoms with Crippen molar-refractivity contribution in [3.63, 3.8) is 0 Å². The second-order valence-electron chi connectivity index (χ2n) is 4.51. The number of hydrogen-bond donors (Lipinski definition) is 1. The van der Waals surface area contributed by atoms with Crippen LogP contribution in [-0.2, 0) is 6.42 Å². The normalized spacial score (nSPS) is 18.4. The summed E-state index contributed by atoms with van der Waals surface area (Å²) in [6.07, 6.45) is 4.69. The molecule has 1 heterocycles. The molecule has 0 radical (unpaired) electrons. The van der Waals surface area contributed by atoms with Crippen molar-refractivity contribution in [2.45, 2.75) is 25.3 Å². The zero-order chi connectivity index (χ0) is 12.5. The van der Waals surface area contributed by atoms with Gasteiger partial charge in [0, 0.05) is 17.0 Å². The topological polar surface area (TPSA) is 25.2 Å². The summed E-state index contributed by atoms with van der Waals surface area (Å²) in [4.78, 5) is 0. The fourth-order valence-corrected chi connectivity index (χ4v) is 2.59. The molecule has 1 atom stereocenters. The largest absolute Gasteiger partial charge is 0.469 e. The molecule has 1 aromatic carbocycles. The molecule has 0 saturated carbocycles. The highest BCUT2D eigenvalue weighted by atomic mass is 35.5. The van der Waals surface area contributed by atoms with Crippen LogP contribution in [0.3, 0.4) is 0 Å². The Morgan fingerprint density at radius 1 is 1.33 bits per heavy atom. The third kappa shape index (κ3) is 2.10.